The van der Waals surface area contributed by atoms with Gasteiger partial charge in [0.1, 0.15) is 5.82 Å². The van der Waals surface area contributed by atoms with Gasteiger partial charge in [0.2, 0.25) is 0 Å². The van der Waals surface area contributed by atoms with E-state index in [0.717, 1.165) is 11.8 Å². The molecular formula is C14H14FNO4S. The predicted octanol–water partition coefficient (Wildman–Crippen LogP) is 2.65. The van der Waals surface area contributed by atoms with Gasteiger partial charge in [-0.2, -0.15) is 0 Å². The molecule has 0 aliphatic carbocycles. The summed E-state index contributed by atoms with van der Waals surface area (Å²) in [5.41, 5.74) is 0.338. The van der Waals surface area contributed by atoms with E-state index in [9.17, 15) is 14.0 Å². The molecule has 112 valence electrons. The summed E-state index contributed by atoms with van der Waals surface area (Å²) in [4.78, 5) is 23.9. The third-order valence-electron chi connectivity index (χ3n) is 2.62. The number of esters is 2. The Labute approximate surface area is 125 Å². The fourth-order valence-corrected chi connectivity index (χ4v) is 2.31. The minimum absolute atomic E-state index is 0.203. The third-order valence-corrected chi connectivity index (χ3v) is 3.33. The van der Waals surface area contributed by atoms with Crippen LogP contribution in [0.2, 0.25) is 0 Å². The van der Waals surface area contributed by atoms with Crippen molar-refractivity contribution in [3.05, 3.63) is 40.7 Å². The van der Waals surface area contributed by atoms with E-state index in [1.54, 1.807) is 6.26 Å². The van der Waals surface area contributed by atoms with Gasteiger partial charge in [-0.3, -0.25) is 0 Å². The lowest BCUT2D eigenvalue weighted by atomic mass is 10.2. The molecule has 0 saturated carbocycles. The zero-order valence-corrected chi connectivity index (χ0v) is 12.5. The summed E-state index contributed by atoms with van der Waals surface area (Å²) in [6.45, 7) is 2.96. The first kappa shape index (κ1) is 15.4. The molecule has 21 heavy (non-hydrogen) atoms. The number of hydrogen-bond donors (Lipinski definition) is 1. The van der Waals surface area contributed by atoms with E-state index in [1.165, 1.54) is 38.1 Å². The Morgan fingerprint density at radius 2 is 1.67 bits per heavy atom. The van der Waals surface area contributed by atoms with Crippen molar-refractivity contribution in [3.63, 3.8) is 0 Å². The molecule has 1 aromatic carbocycles. The van der Waals surface area contributed by atoms with Crippen LogP contribution in [0.15, 0.2) is 34.9 Å². The fourth-order valence-electron chi connectivity index (χ4n) is 1.72. The van der Waals surface area contributed by atoms with Gasteiger partial charge in [-0.1, -0.05) is 0 Å². The predicted molar refractivity (Wildman–Crippen MR) is 76.8 cm³/mol. The van der Waals surface area contributed by atoms with Crippen LogP contribution >= 0.6 is 11.8 Å². The topological polar surface area (TPSA) is 64.6 Å². The van der Waals surface area contributed by atoms with Gasteiger partial charge in [0, 0.05) is 19.5 Å². The average Bonchev–Trinajstić information content (AvgIpc) is 2.37. The molecule has 0 spiro atoms. The number of ether oxygens (including phenoxy) is 2. The first-order chi connectivity index (χ1) is 9.82. The molecule has 0 atom stereocenters. The second-order valence-electron chi connectivity index (χ2n) is 4.72. The molecule has 1 saturated heterocycles. The molecule has 2 rings (SSSR count). The summed E-state index contributed by atoms with van der Waals surface area (Å²) in [5, 5.41) is 3.17. The lowest BCUT2D eigenvalue weighted by molar-refractivity contribution is -0.222. The van der Waals surface area contributed by atoms with E-state index in [2.05, 4.69) is 5.32 Å². The van der Waals surface area contributed by atoms with Crippen molar-refractivity contribution in [2.45, 2.75) is 19.6 Å². The summed E-state index contributed by atoms with van der Waals surface area (Å²) in [7, 11) is 0. The zero-order valence-electron chi connectivity index (χ0n) is 11.7. The Morgan fingerprint density at radius 3 is 2.14 bits per heavy atom. The molecule has 0 amide bonds. The van der Waals surface area contributed by atoms with Crippen molar-refractivity contribution in [2.24, 2.45) is 0 Å². The van der Waals surface area contributed by atoms with Crippen molar-refractivity contribution in [1.82, 2.24) is 0 Å². The number of thioether (sulfide) groups is 1. The van der Waals surface area contributed by atoms with Crippen LogP contribution in [0, 0.1) is 5.82 Å². The van der Waals surface area contributed by atoms with Crippen LogP contribution in [0.4, 0.5) is 10.1 Å². The lowest BCUT2D eigenvalue weighted by Crippen LogP contribution is -2.42. The average molecular weight is 311 g/mol. The number of benzene rings is 1. The number of halogens is 1. The van der Waals surface area contributed by atoms with Crippen molar-refractivity contribution < 1.29 is 23.5 Å². The summed E-state index contributed by atoms with van der Waals surface area (Å²) in [5.74, 6) is -3.17. The first-order valence-corrected chi connectivity index (χ1v) is 7.32. The summed E-state index contributed by atoms with van der Waals surface area (Å²) in [6.07, 6.45) is 1.69. The maximum Gasteiger partial charge on any atom is 0.351 e. The SMILES string of the molecule is CSC(Nc1ccc(F)cc1)=C1C(=O)OC(C)(C)OC1=O. The van der Waals surface area contributed by atoms with E-state index in [4.69, 9.17) is 9.47 Å². The van der Waals surface area contributed by atoms with E-state index >= 15 is 0 Å². The number of carbonyl (C=O) groups is 2. The molecule has 0 aromatic heterocycles. The molecule has 0 radical (unpaired) electrons. The van der Waals surface area contributed by atoms with Crippen LogP contribution < -0.4 is 5.32 Å². The number of hydrogen-bond acceptors (Lipinski definition) is 6. The van der Waals surface area contributed by atoms with Crippen molar-refractivity contribution in [2.75, 3.05) is 11.6 Å². The first-order valence-electron chi connectivity index (χ1n) is 6.10. The van der Waals surface area contributed by atoms with Gasteiger partial charge in [-0.15, -0.1) is 11.8 Å². The summed E-state index contributed by atoms with van der Waals surface area (Å²) in [6, 6.07) is 5.53. The highest BCUT2D eigenvalue weighted by molar-refractivity contribution is 8.02. The number of anilines is 1. The van der Waals surface area contributed by atoms with Gasteiger partial charge in [0.05, 0.1) is 5.03 Å². The molecule has 1 aliphatic rings. The lowest BCUT2D eigenvalue weighted by Gasteiger charge is -2.30. The highest BCUT2D eigenvalue weighted by Crippen LogP contribution is 2.29. The second kappa shape index (κ2) is 5.77. The van der Waals surface area contributed by atoms with Crippen molar-refractivity contribution >= 4 is 29.4 Å². The standard InChI is InChI=1S/C14H14FNO4S/c1-14(2)19-12(17)10(13(18)20-14)11(21-3)16-9-6-4-8(15)5-7-9/h4-7,16H,1-3H3. The minimum atomic E-state index is -1.28. The van der Waals surface area contributed by atoms with E-state index in [-0.39, 0.29) is 16.4 Å². The monoisotopic (exact) mass is 311 g/mol. The van der Waals surface area contributed by atoms with Crippen LogP contribution in [0.1, 0.15) is 13.8 Å². The zero-order chi connectivity index (χ0) is 15.6. The molecule has 0 bridgehead atoms. The molecule has 1 N–H and O–H groups in total. The van der Waals surface area contributed by atoms with Gasteiger partial charge in [-0.05, 0) is 30.5 Å². The van der Waals surface area contributed by atoms with Crippen LogP contribution in [0.5, 0.6) is 0 Å². The maximum atomic E-state index is 12.9. The Balaban J connectivity index is 2.32. The molecule has 1 aliphatic heterocycles. The van der Waals surface area contributed by atoms with Crippen LogP contribution in [-0.2, 0) is 19.1 Å². The molecular weight excluding hydrogens is 297 g/mol. The Bertz CT molecular complexity index is 588. The second-order valence-corrected chi connectivity index (χ2v) is 5.54. The van der Waals surface area contributed by atoms with Crippen LogP contribution in [0.3, 0.4) is 0 Å². The Hall–Kier alpha value is -2.02. The van der Waals surface area contributed by atoms with Gasteiger partial charge in [0.25, 0.3) is 5.79 Å². The van der Waals surface area contributed by atoms with Crippen molar-refractivity contribution in [1.29, 1.82) is 0 Å². The van der Waals surface area contributed by atoms with E-state index in [0.29, 0.717) is 5.69 Å². The van der Waals surface area contributed by atoms with Crippen molar-refractivity contribution in [3.8, 4) is 0 Å². The molecule has 0 unspecified atom stereocenters. The molecule has 7 heteroatoms. The normalized spacial score (nSPS) is 17.0. The molecule has 1 fully saturated rings. The maximum absolute atomic E-state index is 12.9. The number of carbonyl (C=O) groups excluding carboxylic acids is 2. The van der Waals surface area contributed by atoms with Crippen LogP contribution in [-0.4, -0.2) is 24.0 Å². The highest BCUT2D eigenvalue weighted by Gasteiger charge is 2.41. The number of cyclic esters (lactones) is 2. The van der Waals surface area contributed by atoms with Gasteiger partial charge < -0.3 is 14.8 Å². The number of nitrogens with one attached hydrogen (secondary N) is 1. The van der Waals surface area contributed by atoms with Gasteiger partial charge in [-0.25, -0.2) is 14.0 Å². The summed E-state index contributed by atoms with van der Waals surface area (Å²) >= 11 is 1.16. The Morgan fingerprint density at radius 1 is 1.14 bits per heavy atom. The molecule has 5 nitrogen and oxygen atoms in total. The van der Waals surface area contributed by atoms with Gasteiger partial charge in [0.15, 0.2) is 5.57 Å². The molecule has 1 heterocycles. The van der Waals surface area contributed by atoms with E-state index in [1.807, 2.05) is 0 Å². The van der Waals surface area contributed by atoms with Crippen LogP contribution in [0.25, 0.3) is 0 Å². The number of rotatable bonds is 3. The third kappa shape index (κ3) is 3.55. The summed E-state index contributed by atoms with van der Waals surface area (Å²) < 4.78 is 23.0. The molecule has 1 aromatic rings. The Kier molecular flexibility index (Phi) is 4.22. The highest BCUT2D eigenvalue weighted by atomic mass is 32.2. The van der Waals surface area contributed by atoms with Gasteiger partial charge >= 0.3 is 11.9 Å². The fraction of sp³-hybridized carbons (Fsp3) is 0.286. The minimum Gasteiger partial charge on any atom is -0.419 e. The quantitative estimate of drug-likeness (QED) is 0.526. The largest absolute Gasteiger partial charge is 0.419 e. The van der Waals surface area contributed by atoms with E-state index < -0.39 is 17.7 Å². The smallest absolute Gasteiger partial charge is 0.351 e.